The van der Waals surface area contributed by atoms with Crippen LogP contribution in [0.15, 0.2) is 22.4 Å². The Balaban J connectivity index is 3.17. The minimum absolute atomic E-state index is 1.47. The first kappa shape index (κ1) is 5.08. The van der Waals surface area contributed by atoms with Gasteiger partial charge in [-0.2, -0.15) is 0 Å². The van der Waals surface area contributed by atoms with E-state index in [1.54, 1.807) is 0 Å². The van der Waals surface area contributed by atoms with Gasteiger partial charge in [0.1, 0.15) is 0 Å². The van der Waals surface area contributed by atoms with E-state index in [0.717, 1.165) is 0 Å². The first-order chi connectivity index (χ1) is 2.91. The van der Waals surface area contributed by atoms with E-state index in [0.29, 0.717) is 0 Å². The molecule has 0 fully saturated rings. The van der Waals surface area contributed by atoms with Crippen molar-refractivity contribution in [3.05, 3.63) is 12.4 Å². The molecule has 0 aliphatic heterocycles. The van der Waals surface area contributed by atoms with E-state index in [4.69, 9.17) is 0 Å². The average Bonchev–Trinajstić information content (AvgIpc) is 1.61. The summed E-state index contributed by atoms with van der Waals surface area (Å²) in [6.07, 6.45) is 2.93. The molecule has 0 heterocycles. The SMILES string of the molecule is C=NC=CN=C. The zero-order valence-electron chi connectivity index (χ0n) is 3.46. The zero-order valence-corrected chi connectivity index (χ0v) is 3.46. The monoisotopic (exact) mass is 82.1 g/mol. The first-order valence-corrected chi connectivity index (χ1v) is 1.48. The second-order valence-electron chi connectivity index (χ2n) is 0.663. The standard InChI is InChI=1S/C4H6N2/c1-5-3-4-6-2/h3-4H,1-2H2. The van der Waals surface area contributed by atoms with Gasteiger partial charge in [-0.05, 0) is 13.4 Å². The van der Waals surface area contributed by atoms with E-state index in [1.165, 1.54) is 12.4 Å². The summed E-state index contributed by atoms with van der Waals surface area (Å²) in [5.74, 6) is 0. The topological polar surface area (TPSA) is 24.7 Å². The molecule has 0 bridgehead atoms. The molecule has 0 aromatic carbocycles. The summed E-state index contributed by atoms with van der Waals surface area (Å²) in [6, 6.07) is 0. The van der Waals surface area contributed by atoms with Crippen molar-refractivity contribution in [2.75, 3.05) is 0 Å². The molecular weight excluding hydrogens is 76.1 g/mol. The van der Waals surface area contributed by atoms with E-state index in [1.807, 2.05) is 0 Å². The minimum atomic E-state index is 1.47. The maximum Gasteiger partial charge on any atom is 0.0443 e. The van der Waals surface area contributed by atoms with Crippen molar-refractivity contribution in [2.45, 2.75) is 0 Å². The van der Waals surface area contributed by atoms with Gasteiger partial charge in [0.05, 0.1) is 0 Å². The molecule has 0 aromatic rings. The predicted octanol–water partition coefficient (Wildman–Crippen LogP) is 0.859. The molecular formula is C4H6N2. The zero-order chi connectivity index (χ0) is 4.83. The minimum Gasteiger partial charge on any atom is -0.271 e. The Labute approximate surface area is 36.9 Å². The summed E-state index contributed by atoms with van der Waals surface area (Å²) in [4.78, 5) is 6.72. The fourth-order valence-electron chi connectivity index (χ4n) is 0.0943. The molecule has 0 amide bonds. The molecule has 0 unspecified atom stereocenters. The lowest BCUT2D eigenvalue weighted by Gasteiger charge is -1.62. The van der Waals surface area contributed by atoms with Crippen LogP contribution in [-0.4, -0.2) is 13.4 Å². The summed E-state index contributed by atoms with van der Waals surface area (Å²) >= 11 is 0. The third-order valence-corrected chi connectivity index (χ3v) is 0.277. The summed E-state index contributed by atoms with van der Waals surface area (Å²) in [7, 11) is 0. The van der Waals surface area contributed by atoms with Crippen molar-refractivity contribution in [3.8, 4) is 0 Å². The average molecular weight is 82.1 g/mol. The molecule has 0 saturated heterocycles. The second kappa shape index (κ2) is 4.08. The van der Waals surface area contributed by atoms with Gasteiger partial charge in [-0.3, -0.25) is 9.98 Å². The van der Waals surface area contributed by atoms with Crippen molar-refractivity contribution in [1.82, 2.24) is 0 Å². The number of nitrogens with zero attached hydrogens (tertiary/aromatic N) is 2. The van der Waals surface area contributed by atoms with Gasteiger partial charge < -0.3 is 0 Å². The Morgan fingerprint density at radius 2 is 1.33 bits per heavy atom. The van der Waals surface area contributed by atoms with Gasteiger partial charge in [0, 0.05) is 12.4 Å². The van der Waals surface area contributed by atoms with Crippen molar-refractivity contribution in [2.24, 2.45) is 9.98 Å². The molecule has 2 nitrogen and oxygen atoms in total. The van der Waals surface area contributed by atoms with Gasteiger partial charge in [0.25, 0.3) is 0 Å². The van der Waals surface area contributed by atoms with Crippen LogP contribution in [0.1, 0.15) is 0 Å². The lowest BCUT2D eigenvalue weighted by Crippen LogP contribution is -1.41. The van der Waals surface area contributed by atoms with Gasteiger partial charge in [-0.25, -0.2) is 0 Å². The highest BCUT2D eigenvalue weighted by Crippen LogP contribution is 1.68. The van der Waals surface area contributed by atoms with E-state index in [2.05, 4.69) is 23.4 Å². The third kappa shape index (κ3) is 3.08. The first-order valence-electron chi connectivity index (χ1n) is 1.48. The van der Waals surface area contributed by atoms with Crippen LogP contribution < -0.4 is 0 Å². The summed E-state index contributed by atoms with van der Waals surface area (Å²) in [5.41, 5.74) is 0. The molecule has 0 N–H and O–H groups in total. The highest BCUT2D eigenvalue weighted by Gasteiger charge is 1.47. The van der Waals surface area contributed by atoms with Crippen LogP contribution in [0.5, 0.6) is 0 Å². The molecule has 0 aliphatic rings. The summed E-state index contributed by atoms with van der Waals surface area (Å²) < 4.78 is 0. The maximum atomic E-state index is 3.36. The van der Waals surface area contributed by atoms with Gasteiger partial charge in [0.2, 0.25) is 0 Å². The molecule has 6 heavy (non-hydrogen) atoms. The molecule has 2 heteroatoms. The van der Waals surface area contributed by atoms with Crippen LogP contribution in [-0.2, 0) is 0 Å². The van der Waals surface area contributed by atoms with Crippen LogP contribution >= 0.6 is 0 Å². The Hall–Kier alpha value is -0.920. The van der Waals surface area contributed by atoms with E-state index < -0.39 is 0 Å². The molecule has 0 aliphatic carbocycles. The Morgan fingerprint density at radius 1 is 1.00 bits per heavy atom. The normalized spacial score (nSPS) is 8.67. The molecule has 0 rings (SSSR count). The van der Waals surface area contributed by atoms with Gasteiger partial charge in [0.15, 0.2) is 0 Å². The van der Waals surface area contributed by atoms with Gasteiger partial charge in [-0.15, -0.1) is 0 Å². The molecule has 0 spiro atoms. The fourth-order valence-corrected chi connectivity index (χ4v) is 0.0943. The highest BCUT2D eigenvalue weighted by atomic mass is 14.7. The Morgan fingerprint density at radius 3 is 1.50 bits per heavy atom. The maximum absolute atomic E-state index is 3.36. The van der Waals surface area contributed by atoms with E-state index in [9.17, 15) is 0 Å². The van der Waals surface area contributed by atoms with E-state index in [-0.39, 0.29) is 0 Å². The molecule has 0 saturated carbocycles. The van der Waals surface area contributed by atoms with Gasteiger partial charge >= 0.3 is 0 Å². The van der Waals surface area contributed by atoms with Crippen LogP contribution in [0.4, 0.5) is 0 Å². The van der Waals surface area contributed by atoms with Crippen molar-refractivity contribution >= 4 is 13.4 Å². The molecule has 0 atom stereocenters. The lowest BCUT2D eigenvalue weighted by molar-refractivity contribution is 1.51. The van der Waals surface area contributed by atoms with Crippen molar-refractivity contribution < 1.29 is 0 Å². The van der Waals surface area contributed by atoms with Gasteiger partial charge in [-0.1, -0.05) is 0 Å². The second-order valence-corrected chi connectivity index (χ2v) is 0.663. The lowest BCUT2D eigenvalue weighted by atomic mass is 10.9. The fraction of sp³-hybridized carbons (Fsp3) is 0. The Bertz CT molecular complexity index is 63.6. The van der Waals surface area contributed by atoms with Crippen LogP contribution in [0.3, 0.4) is 0 Å². The van der Waals surface area contributed by atoms with Crippen LogP contribution in [0.25, 0.3) is 0 Å². The predicted molar refractivity (Wildman–Crippen MR) is 28.2 cm³/mol. The number of rotatable bonds is 2. The van der Waals surface area contributed by atoms with Crippen LogP contribution in [0, 0.1) is 0 Å². The smallest absolute Gasteiger partial charge is 0.0443 e. The molecule has 32 valence electrons. The quantitative estimate of drug-likeness (QED) is 0.441. The van der Waals surface area contributed by atoms with E-state index >= 15 is 0 Å². The summed E-state index contributed by atoms with van der Waals surface area (Å²) in [5, 5.41) is 0. The van der Waals surface area contributed by atoms with Crippen molar-refractivity contribution in [1.29, 1.82) is 0 Å². The number of hydrogen-bond donors (Lipinski definition) is 0. The van der Waals surface area contributed by atoms with Crippen LogP contribution in [0.2, 0.25) is 0 Å². The Kier molecular flexibility index (Phi) is 3.45. The van der Waals surface area contributed by atoms with Crippen molar-refractivity contribution in [3.63, 3.8) is 0 Å². The largest absolute Gasteiger partial charge is 0.271 e. The molecule has 0 aromatic heterocycles. The molecule has 0 radical (unpaired) electrons. The third-order valence-electron chi connectivity index (χ3n) is 0.277. The summed E-state index contributed by atoms with van der Waals surface area (Å²) in [6.45, 7) is 6.35. The number of aliphatic imine (C=N–C) groups is 2. The number of hydrogen-bond acceptors (Lipinski definition) is 2. The highest BCUT2D eigenvalue weighted by molar-refractivity contribution is 5.27.